The van der Waals surface area contributed by atoms with Crippen LogP contribution >= 0.6 is 0 Å². The molecule has 0 saturated heterocycles. The molecule has 0 spiro atoms. The number of para-hydroxylation sites is 1. The monoisotopic (exact) mass is 412 g/mol. The average molecular weight is 412 g/mol. The molecule has 5 heteroatoms. The number of nitrogens with zero attached hydrogens (tertiary/aromatic N) is 1. The van der Waals surface area contributed by atoms with E-state index in [0.29, 0.717) is 36.4 Å². The van der Waals surface area contributed by atoms with Crippen LogP contribution < -0.4 is 10.1 Å². The van der Waals surface area contributed by atoms with E-state index >= 15 is 0 Å². The Kier molecular flexibility index (Phi) is 6.13. The van der Waals surface area contributed by atoms with Crippen LogP contribution in [-0.4, -0.2) is 29.9 Å². The van der Waals surface area contributed by atoms with Crippen LogP contribution in [0.1, 0.15) is 18.1 Å². The van der Waals surface area contributed by atoms with Crippen LogP contribution in [0.4, 0.5) is 5.69 Å². The summed E-state index contributed by atoms with van der Waals surface area (Å²) in [6.45, 7) is 2.80. The third-order valence-corrected chi connectivity index (χ3v) is 5.13. The molecular formula is C26H24N2O3. The van der Waals surface area contributed by atoms with E-state index in [9.17, 15) is 9.59 Å². The number of nitrogens with one attached hydrogen (secondary N) is 1. The zero-order chi connectivity index (χ0) is 21.6. The minimum absolute atomic E-state index is 0.288. The lowest BCUT2D eigenvalue weighted by atomic mass is 10.0. The van der Waals surface area contributed by atoms with Gasteiger partial charge in [-0.05, 0) is 48.7 Å². The minimum Gasteiger partial charge on any atom is -0.494 e. The van der Waals surface area contributed by atoms with E-state index in [4.69, 9.17) is 4.74 Å². The Morgan fingerprint density at radius 3 is 2.10 bits per heavy atom. The fraction of sp³-hybridized carbons (Fsp3) is 0.154. The van der Waals surface area contributed by atoms with Gasteiger partial charge in [-0.15, -0.1) is 0 Å². The summed E-state index contributed by atoms with van der Waals surface area (Å²) in [7, 11) is 0. The first-order valence-electron chi connectivity index (χ1n) is 10.4. The maximum atomic E-state index is 13.3. The summed E-state index contributed by atoms with van der Waals surface area (Å²) in [5, 5.41) is 3.17. The van der Waals surface area contributed by atoms with Gasteiger partial charge in [0.05, 0.1) is 12.2 Å². The second kappa shape index (κ2) is 9.30. The Morgan fingerprint density at radius 2 is 1.45 bits per heavy atom. The van der Waals surface area contributed by atoms with Gasteiger partial charge in [0, 0.05) is 12.2 Å². The number of rotatable bonds is 8. The van der Waals surface area contributed by atoms with Crippen molar-refractivity contribution >= 4 is 23.1 Å². The van der Waals surface area contributed by atoms with Crippen molar-refractivity contribution in [1.82, 2.24) is 4.90 Å². The number of imide groups is 1. The number of hydrogen-bond acceptors (Lipinski definition) is 4. The topological polar surface area (TPSA) is 58.6 Å². The lowest BCUT2D eigenvalue weighted by Gasteiger charge is -2.15. The van der Waals surface area contributed by atoms with E-state index in [2.05, 4.69) is 5.32 Å². The number of hydrogen-bond donors (Lipinski definition) is 1. The van der Waals surface area contributed by atoms with Gasteiger partial charge in [-0.25, -0.2) is 0 Å². The van der Waals surface area contributed by atoms with Crippen molar-refractivity contribution in [2.45, 2.75) is 13.3 Å². The number of carbonyl (C=O) groups is 2. The van der Waals surface area contributed by atoms with Crippen molar-refractivity contribution in [2.75, 3.05) is 18.5 Å². The van der Waals surface area contributed by atoms with Crippen LogP contribution in [-0.2, 0) is 16.0 Å². The molecule has 1 N–H and O–H groups in total. The quantitative estimate of drug-likeness (QED) is 0.553. The molecule has 0 atom stereocenters. The van der Waals surface area contributed by atoms with Gasteiger partial charge >= 0.3 is 0 Å². The SMILES string of the molecule is CCOc1ccc(C2=C(Nc3ccccc3)C(=O)N(CCc3ccccc3)C2=O)cc1. The molecule has 1 aliphatic heterocycles. The molecule has 0 bridgehead atoms. The summed E-state index contributed by atoms with van der Waals surface area (Å²) in [5.74, 6) is 0.124. The van der Waals surface area contributed by atoms with E-state index in [0.717, 1.165) is 17.0 Å². The van der Waals surface area contributed by atoms with E-state index in [1.807, 2.05) is 91.9 Å². The fourth-order valence-electron chi connectivity index (χ4n) is 3.60. The molecule has 4 rings (SSSR count). The highest BCUT2D eigenvalue weighted by molar-refractivity contribution is 6.36. The first-order chi connectivity index (χ1) is 15.2. The normalized spacial score (nSPS) is 13.6. The molecule has 0 saturated carbocycles. The van der Waals surface area contributed by atoms with Crippen molar-refractivity contribution in [2.24, 2.45) is 0 Å². The van der Waals surface area contributed by atoms with E-state index in [1.54, 1.807) is 0 Å². The van der Waals surface area contributed by atoms with Gasteiger partial charge in [0.25, 0.3) is 11.8 Å². The highest BCUT2D eigenvalue weighted by Gasteiger charge is 2.38. The predicted molar refractivity (Wildman–Crippen MR) is 121 cm³/mol. The van der Waals surface area contributed by atoms with Gasteiger partial charge in [0.1, 0.15) is 11.4 Å². The highest BCUT2D eigenvalue weighted by Crippen LogP contribution is 2.31. The fourth-order valence-corrected chi connectivity index (χ4v) is 3.60. The van der Waals surface area contributed by atoms with Crippen LogP contribution in [0, 0.1) is 0 Å². The number of carbonyl (C=O) groups excluding carboxylic acids is 2. The van der Waals surface area contributed by atoms with Crippen LogP contribution in [0.3, 0.4) is 0 Å². The van der Waals surface area contributed by atoms with Crippen molar-refractivity contribution < 1.29 is 14.3 Å². The standard InChI is InChI=1S/C26H24N2O3/c1-2-31-22-15-13-20(14-16-22)23-24(27-21-11-7-4-8-12-21)26(30)28(25(23)29)18-17-19-9-5-3-6-10-19/h3-16,27H,2,17-18H2,1H3. The molecule has 5 nitrogen and oxygen atoms in total. The maximum absolute atomic E-state index is 13.3. The number of benzene rings is 3. The molecule has 0 radical (unpaired) electrons. The summed E-state index contributed by atoms with van der Waals surface area (Å²) in [6, 6.07) is 26.5. The van der Waals surface area contributed by atoms with E-state index in [-0.39, 0.29) is 11.8 Å². The minimum atomic E-state index is -0.311. The molecule has 0 aliphatic carbocycles. The first kappa shape index (κ1) is 20.4. The lowest BCUT2D eigenvalue weighted by molar-refractivity contribution is -0.136. The molecule has 3 aromatic rings. The van der Waals surface area contributed by atoms with Gasteiger partial charge in [-0.1, -0.05) is 60.7 Å². The Hall–Kier alpha value is -3.86. The van der Waals surface area contributed by atoms with Crippen LogP contribution in [0.5, 0.6) is 5.75 Å². The molecular weight excluding hydrogens is 388 g/mol. The van der Waals surface area contributed by atoms with Crippen molar-refractivity contribution in [3.05, 3.63) is 102 Å². The van der Waals surface area contributed by atoms with Crippen molar-refractivity contribution in [3.63, 3.8) is 0 Å². The first-order valence-corrected chi connectivity index (χ1v) is 10.4. The molecule has 0 fully saturated rings. The molecule has 0 aromatic heterocycles. The van der Waals surface area contributed by atoms with Gasteiger partial charge in [-0.2, -0.15) is 0 Å². The largest absolute Gasteiger partial charge is 0.494 e. The van der Waals surface area contributed by atoms with Crippen molar-refractivity contribution in [3.8, 4) is 5.75 Å². The summed E-state index contributed by atoms with van der Waals surface area (Å²) < 4.78 is 5.51. The molecule has 31 heavy (non-hydrogen) atoms. The zero-order valence-electron chi connectivity index (χ0n) is 17.4. The van der Waals surface area contributed by atoms with Gasteiger partial charge in [0.2, 0.25) is 0 Å². The average Bonchev–Trinajstić information content (AvgIpc) is 3.03. The summed E-state index contributed by atoms with van der Waals surface area (Å²) in [5.41, 5.74) is 3.20. The van der Waals surface area contributed by atoms with Crippen LogP contribution in [0.15, 0.2) is 90.6 Å². The van der Waals surface area contributed by atoms with Crippen molar-refractivity contribution in [1.29, 1.82) is 0 Å². The molecule has 1 heterocycles. The highest BCUT2D eigenvalue weighted by atomic mass is 16.5. The zero-order valence-corrected chi connectivity index (χ0v) is 17.4. The maximum Gasteiger partial charge on any atom is 0.278 e. The Morgan fingerprint density at radius 1 is 0.806 bits per heavy atom. The summed E-state index contributed by atoms with van der Waals surface area (Å²) in [6.07, 6.45) is 0.605. The lowest BCUT2D eigenvalue weighted by Crippen LogP contribution is -2.34. The van der Waals surface area contributed by atoms with Gasteiger partial charge in [0.15, 0.2) is 0 Å². The molecule has 0 unspecified atom stereocenters. The summed E-state index contributed by atoms with van der Waals surface area (Å²) >= 11 is 0. The van der Waals surface area contributed by atoms with Gasteiger partial charge < -0.3 is 10.1 Å². The van der Waals surface area contributed by atoms with Crippen LogP contribution in [0.25, 0.3) is 5.57 Å². The van der Waals surface area contributed by atoms with Gasteiger partial charge in [-0.3, -0.25) is 14.5 Å². The Balaban J connectivity index is 1.65. The smallest absolute Gasteiger partial charge is 0.278 e. The third kappa shape index (κ3) is 4.51. The number of amides is 2. The number of anilines is 1. The molecule has 3 aromatic carbocycles. The van der Waals surface area contributed by atoms with E-state index < -0.39 is 0 Å². The third-order valence-electron chi connectivity index (χ3n) is 5.13. The Bertz CT molecular complexity index is 1090. The van der Waals surface area contributed by atoms with E-state index in [1.165, 1.54) is 4.90 Å². The predicted octanol–water partition coefficient (Wildman–Crippen LogP) is 4.52. The molecule has 156 valence electrons. The molecule has 1 aliphatic rings. The summed E-state index contributed by atoms with van der Waals surface area (Å²) in [4.78, 5) is 27.9. The Labute approximate surface area is 182 Å². The number of ether oxygens (including phenoxy) is 1. The second-order valence-corrected chi connectivity index (χ2v) is 7.20. The molecule has 2 amide bonds. The van der Waals surface area contributed by atoms with Crippen LogP contribution in [0.2, 0.25) is 0 Å². The second-order valence-electron chi connectivity index (χ2n) is 7.20.